The predicted molar refractivity (Wildman–Crippen MR) is 138 cm³/mol. The quantitative estimate of drug-likeness (QED) is 0.351. The first kappa shape index (κ1) is 25.3. The number of benzene rings is 1. The molecule has 2 atom stereocenters. The average molecular weight is 515 g/mol. The van der Waals surface area contributed by atoms with Crippen LogP contribution in [0.5, 0.6) is 5.75 Å². The van der Waals surface area contributed by atoms with Gasteiger partial charge in [-0.2, -0.15) is 0 Å². The largest absolute Gasteiger partial charge is 0.491 e. The molecule has 2 amide bonds. The fraction of sp³-hybridized carbons (Fsp3) is 0.407. The van der Waals surface area contributed by atoms with Gasteiger partial charge in [-0.3, -0.25) is 9.59 Å². The number of amides is 2. The number of aryl methyl sites for hydroxylation is 1. The Labute approximate surface area is 215 Å². The molecule has 6 nitrogen and oxygen atoms in total. The number of halogens is 1. The molecule has 2 aromatic heterocycles. The summed E-state index contributed by atoms with van der Waals surface area (Å²) in [7, 11) is 0. The van der Waals surface area contributed by atoms with Crippen LogP contribution in [0.1, 0.15) is 52.9 Å². The van der Waals surface area contributed by atoms with E-state index in [9.17, 15) is 9.59 Å². The lowest BCUT2D eigenvalue weighted by molar-refractivity contribution is -0.135. The first-order valence-electron chi connectivity index (χ1n) is 11.9. The van der Waals surface area contributed by atoms with E-state index in [0.29, 0.717) is 30.5 Å². The highest BCUT2D eigenvalue weighted by Gasteiger charge is 2.34. The van der Waals surface area contributed by atoms with Crippen molar-refractivity contribution in [1.29, 1.82) is 0 Å². The van der Waals surface area contributed by atoms with Gasteiger partial charge >= 0.3 is 0 Å². The van der Waals surface area contributed by atoms with Gasteiger partial charge in [0.25, 0.3) is 5.91 Å². The monoisotopic (exact) mass is 514 g/mol. The molecule has 3 heterocycles. The Bertz CT molecular complexity index is 1160. The van der Waals surface area contributed by atoms with Gasteiger partial charge in [0, 0.05) is 23.0 Å². The topological polar surface area (TPSA) is 63.0 Å². The number of hydrogen-bond donors (Lipinski definition) is 0. The molecular formula is C27H31ClN2O4S. The molecule has 4 rings (SSSR count). The zero-order valence-corrected chi connectivity index (χ0v) is 21.9. The Morgan fingerprint density at radius 1 is 1.31 bits per heavy atom. The van der Waals surface area contributed by atoms with Crippen LogP contribution in [0.25, 0.3) is 0 Å². The van der Waals surface area contributed by atoms with E-state index in [4.69, 9.17) is 20.8 Å². The molecule has 186 valence electrons. The maximum Gasteiger partial charge on any atom is 0.290 e. The van der Waals surface area contributed by atoms with E-state index < -0.39 is 0 Å². The summed E-state index contributed by atoms with van der Waals surface area (Å²) in [4.78, 5) is 31.5. The lowest BCUT2D eigenvalue weighted by Gasteiger charge is -2.37. The molecule has 0 saturated carbocycles. The smallest absolute Gasteiger partial charge is 0.290 e. The Balaban J connectivity index is 1.53. The van der Waals surface area contributed by atoms with Gasteiger partial charge in [0.2, 0.25) is 5.91 Å². The van der Waals surface area contributed by atoms with Crippen molar-refractivity contribution in [3.05, 3.63) is 74.8 Å². The highest BCUT2D eigenvalue weighted by atomic mass is 35.5. The molecule has 1 aromatic carbocycles. The molecule has 0 aliphatic carbocycles. The third kappa shape index (κ3) is 5.90. The minimum Gasteiger partial charge on any atom is -0.491 e. The highest BCUT2D eigenvalue weighted by Crippen LogP contribution is 2.34. The van der Waals surface area contributed by atoms with Gasteiger partial charge < -0.3 is 19.0 Å². The predicted octanol–water partition coefficient (Wildman–Crippen LogP) is 6.00. The summed E-state index contributed by atoms with van der Waals surface area (Å²) in [6, 6.07) is 10.7. The zero-order chi connectivity index (χ0) is 24.9. The van der Waals surface area contributed by atoms with E-state index in [1.165, 1.54) is 11.1 Å². The van der Waals surface area contributed by atoms with E-state index in [1.807, 2.05) is 30.0 Å². The number of nitrogens with zero attached hydrogens (tertiary/aromatic N) is 2. The molecule has 0 N–H and O–H groups in total. The fourth-order valence-corrected chi connectivity index (χ4v) is 5.34. The first-order chi connectivity index (χ1) is 16.9. The van der Waals surface area contributed by atoms with Crippen molar-refractivity contribution in [3.8, 4) is 5.75 Å². The van der Waals surface area contributed by atoms with Crippen molar-refractivity contribution >= 4 is 34.8 Å². The van der Waals surface area contributed by atoms with Crippen molar-refractivity contribution in [1.82, 2.24) is 9.80 Å². The van der Waals surface area contributed by atoms with Crippen molar-refractivity contribution in [2.24, 2.45) is 5.92 Å². The van der Waals surface area contributed by atoms with E-state index in [-0.39, 0.29) is 36.1 Å². The lowest BCUT2D eigenvalue weighted by Crippen LogP contribution is -2.48. The van der Waals surface area contributed by atoms with Crippen LogP contribution in [0.15, 0.2) is 52.5 Å². The molecule has 0 saturated heterocycles. The summed E-state index contributed by atoms with van der Waals surface area (Å²) in [5.74, 6) is 0.872. The zero-order valence-electron chi connectivity index (χ0n) is 20.3. The SMILES string of the molecule is CCC(C)CN(CC(=O)N1CCc2sccc2C1COc1ccc(Cl)c(C)c1)C(=O)c1ccco1. The van der Waals surface area contributed by atoms with Crippen LogP contribution < -0.4 is 4.74 Å². The van der Waals surface area contributed by atoms with Gasteiger partial charge in [0.1, 0.15) is 18.9 Å². The standard InChI is InChI=1S/C27H31ClN2O4S/c1-4-18(2)15-29(27(32)24-6-5-12-33-24)16-26(31)30-11-9-25-21(10-13-35-25)23(30)17-34-20-7-8-22(28)19(3)14-20/h5-8,10,12-14,18,23H,4,9,11,15-17H2,1-3H3. The van der Waals surface area contributed by atoms with Crippen molar-refractivity contribution in [3.63, 3.8) is 0 Å². The molecule has 0 spiro atoms. The summed E-state index contributed by atoms with van der Waals surface area (Å²) in [6.07, 6.45) is 3.19. The van der Waals surface area contributed by atoms with Crippen LogP contribution in [-0.4, -0.2) is 47.9 Å². The Kier molecular flexibility index (Phi) is 8.19. The summed E-state index contributed by atoms with van der Waals surface area (Å²) in [6.45, 7) is 7.50. The summed E-state index contributed by atoms with van der Waals surface area (Å²) in [5.41, 5.74) is 2.06. The second kappa shape index (κ2) is 11.3. The average Bonchev–Trinajstić information content (AvgIpc) is 3.56. The Morgan fingerprint density at radius 2 is 2.14 bits per heavy atom. The molecule has 0 bridgehead atoms. The summed E-state index contributed by atoms with van der Waals surface area (Å²) < 4.78 is 11.5. The van der Waals surface area contributed by atoms with E-state index in [0.717, 1.165) is 24.0 Å². The minimum absolute atomic E-state index is 0.000102. The summed E-state index contributed by atoms with van der Waals surface area (Å²) >= 11 is 7.87. The Morgan fingerprint density at radius 3 is 2.86 bits per heavy atom. The van der Waals surface area contributed by atoms with E-state index in [2.05, 4.69) is 25.3 Å². The van der Waals surface area contributed by atoms with Gasteiger partial charge in [0.15, 0.2) is 5.76 Å². The second-order valence-electron chi connectivity index (χ2n) is 9.05. The molecular weight excluding hydrogens is 484 g/mol. The van der Waals surface area contributed by atoms with Gasteiger partial charge in [-0.05, 0) is 72.2 Å². The first-order valence-corrected chi connectivity index (χ1v) is 13.2. The van der Waals surface area contributed by atoms with Gasteiger partial charge in [-0.25, -0.2) is 0 Å². The van der Waals surface area contributed by atoms with Gasteiger partial charge in [-0.15, -0.1) is 11.3 Å². The second-order valence-corrected chi connectivity index (χ2v) is 10.5. The third-order valence-corrected chi connectivity index (χ3v) is 7.95. The van der Waals surface area contributed by atoms with Crippen molar-refractivity contribution in [2.45, 2.75) is 39.7 Å². The molecule has 1 aliphatic heterocycles. The van der Waals surface area contributed by atoms with E-state index >= 15 is 0 Å². The van der Waals surface area contributed by atoms with Crippen LogP contribution in [0.3, 0.4) is 0 Å². The van der Waals surface area contributed by atoms with Crippen LogP contribution in [0, 0.1) is 12.8 Å². The van der Waals surface area contributed by atoms with Crippen LogP contribution >= 0.6 is 22.9 Å². The number of carbonyl (C=O) groups is 2. The number of thiophene rings is 1. The van der Waals surface area contributed by atoms with Crippen LogP contribution in [-0.2, 0) is 11.2 Å². The highest BCUT2D eigenvalue weighted by molar-refractivity contribution is 7.10. The Hall–Kier alpha value is -2.77. The normalized spacial score (nSPS) is 16.0. The lowest BCUT2D eigenvalue weighted by atomic mass is 10.00. The molecule has 35 heavy (non-hydrogen) atoms. The number of carbonyl (C=O) groups excluding carboxylic acids is 2. The third-order valence-electron chi connectivity index (χ3n) is 6.53. The number of fused-ring (bicyclic) bond motifs is 1. The maximum absolute atomic E-state index is 13.6. The number of rotatable bonds is 9. The van der Waals surface area contributed by atoms with Gasteiger partial charge in [-0.1, -0.05) is 31.9 Å². The molecule has 0 fully saturated rings. The fourth-order valence-electron chi connectivity index (χ4n) is 4.29. The summed E-state index contributed by atoms with van der Waals surface area (Å²) in [5, 5.41) is 2.75. The number of ether oxygens (including phenoxy) is 1. The molecule has 0 radical (unpaired) electrons. The van der Waals surface area contributed by atoms with Crippen molar-refractivity contribution in [2.75, 3.05) is 26.2 Å². The molecule has 8 heteroatoms. The molecule has 2 unspecified atom stereocenters. The molecule has 1 aliphatic rings. The van der Waals surface area contributed by atoms with Crippen LogP contribution in [0.2, 0.25) is 5.02 Å². The van der Waals surface area contributed by atoms with Crippen LogP contribution in [0.4, 0.5) is 0 Å². The van der Waals surface area contributed by atoms with Gasteiger partial charge in [0.05, 0.1) is 12.3 Å². The maximum atomic E-state index is 13.6. The number of furan rings is 1. The number of hydrogen-bond acceptors (Lipinski definition) is 5. The molecule has 3 aromatic rings. The van der Waals surface area contributed by atoms with E-state index in [1.54, 1.807) is 28.4 Å². The van der Waals surface area contributed by atoms with Crippen molar-refractivity contribution < 1.29 is 18.7 Å². The minimum atomic E-state index is -0.263.